The van der Waals surface area contributed by atoms with E-state index in [9.17, 15) is 13.6 Å². The first-order valence-electron chi connectivity index (χ1n) is 5.57. The fourth-order valence-corrected chi connectivity index (χ4v) is 1.55. The summed E-state index contributed by atoms with van der Waals surface area (Å²) in [6.07, 6.45) is 2.89. The lowest BCUT2D eigenvalue weighted by Crippen LogP contribution is -2.09. The smallest absolute Gasteiger partial charge is 0.338 e. The first-order valence-corrected chi connectivity index (χ1v) is 5.57. The summed E-state index contributed by atoms with van der Waals surface area (Å²) in [4.78, 5) is 19.6. The third kappa shape index (κ3) is 2.73. The van der Waals surface area contributed by atoms with E-state index in [2.05, 4.69) is 9.97 Å². The molecule has 0 atom stereocenters. The highest BCUT2D eigenvalue weighted by Gasteiger charge is 2.19. The molecule has 2 rings (SSSR count). The third-order valence-corrected chi connectivity index (χ3v) is 2.36. The van der Waals surface area contributed by atoms with Crippen LogP contribution in [0.5, 0.6) is 0 Å². The normalized spacial score (nSPS) is 10.3. The highest BCUT2D eigenvalue weighted by Crippen LogP contribution is 2.24. The highest BCUT2D eigenvalue weighted by molar-refractivity contribution is 5.96. The lowest BCUT2D eigenvalue weighted by Gasteiger charge is -2.08. The molecule has 0 saturated carbocycles. The largest absolute Gasteiger partial charge is 0.462 e. The van der Waals surface area contributed by atoms with Crippen molar-refractivity contribution >= 4 is 5.97 Å². The first kappa shape index (κ1) is 13.1. The molecule has 0 aliphatic heterocycles. The summed E-state index contributed by atoms with van der Waals surface area (Å²) in [6.45, 7) is 1.75. The van der Waals surface area contributed by atoms with Gasteiger partial charge in [0.05, 0.1) is 12.2 Å². The van der Waals surface area contributed by atoms with Crippen LogP contribution in [0.25, 0.3) is 11.4 Å². The van der Waals surface area contributed by atoms with Crippen molar-refractivity contribution in [3.8, 4) is 11.4 Å². The fourth-order valence-electron chi connectivity index (χ4n) is 1.55. The number of esters is 1. The second-order valence-electron chi connectivity index (χ2n) is 3.60. The van der Waals surface area contributed by atoms with Crippen LogP contribution in [0.15, 0.2) is 30.6 Å². The molecule has 1 aromatic carbocycles. The van der Waals surface area contributed by atoms with Crippen molar-refractivity contribution in [3.05, 3.63) is 47.8 Å². The zero-order valence-corrected chi connectivity index (χ0v) is 10.1. The summed E-state index contributed by atoms with van der Waals surface area (Å²) >= 11 is 0. The molecule has 2 aromatic rings. The van der Waals surface area contributed by atoms with Gasteiger partial charge in [0.2, 0.25) is 0 Å². The van der Waals surface area contributed by atoms with Gasteiger partial charge >= 0.3 is 5.97 Å². The average Bonchev–Trinajstić information content (AvgIpc) is 2.42. The van der Waals surface area contributed by atoms with Gasteiger partial charge in [-0.25, -0.2) is 23.5 Å². The van der Waals surface area contributed by atoms with Crippen molar-refractivity contribution < 1.29 is 18.3 Å². The van der Waals surface area contributed by atoms with Gasteiger partial charge in [-0.15, -0.1) is 0 Å². The Kier molecular flexibility index (Phi) is 3.79. The Labute approximate surface area is 108 Å². The van der Waals surface area contributed by atoms with Gasteiger partial charge in [-0.05, 0) is 25.1 Å². The summed E-state index contributed by atoms with van der Waals surface area (Å²) < 4.78 is 31.4. The number of hydrogen-bond donors (Lipinski definition) is 0. The number of nitrogens with zero attached hydrogens (tertiary/aromatic N) is 2. The summed E-state index contributed by atoms with van der Waals surface area (Å²) in [5.41, 5.74) is -0.00935. The van der Waals surface area contributed by atoms with Crippen molar-refractivity contribution in [2.24, 2.45) is 0 Å². The van der Waals surface area contributed by atoms with E-state index in [4.69, 9.17) is 4.74 Å². The minimum Gasteiger partial charge on any atom is -0.462 e. The molecule has 0 fully saturated rings. The quantitative estimate of drug-likeness (QED) is 0.799. The highest BCUT2D eigenvalue weighted by atomic mass is 19.2. The minimum atomic E-state index is -1.12. The molecule has 0 amide bonds. The van der Waals surface area contributed by atoms with Crippen LogP contribution in [0.2, 0.25) is 0 Å². The topological polar surface area (TPSA) is 52.1 Å². The van der Waals surface area contributed by atoms with Gasteiger partial charge in [0.1, 0.15) is 0 Å². The predicted octanol–water partition coefficient (Wildman–Crippen LogP) is 2.60. The summed E-state index contributed by atoms with van der Waals surface area (Å²) in [5, 5.41) is 0. The molecule has 0 radical (unpaired) electrons. The Bertz CT molecular complexity index is 603. The van der Waals surface area contributed by atoms with Crippen LogP contribution in [0.1, 0.15) is 17.3 Å². The number of carbonyl (C=O) groups is 1. The van der Waals surface area contributed by atoms with E-state index in [1.165, 1.54) is 12.4 Å². The Morgan fingerprint density at radius 3 is 2.47 bits per heavy atom. The molecule has 98 valence electrons. The number of hydrogen-bond acceptors (Lipinski definition) is 4. The van der Waals surface area contributed by atoms with E-state index in [0.717, 1.165) is 12.1 Å². The van der Waals surface area contributed by atoms with Crippen LogP contribution in [-0.2, 0) is 4.74 Å². The molecule has 0 aliphatic rings. The molecule has 0 unspecified atom stereocenters. The van der Waals surface area contributed by atoms with Crippen LogP contribution in [0.4, 0.5) is 8.78 Å². The Hall–Kier alpha value is -2.37. The molecule has 0 spiro atoms. The van der Waals surface area contributed by atoms with Gasteiger partial charge in [-0.1, -0.05) is 0 Å². The maximum absolute atomic E-state index is 13.3. The SMILES string of the molecule is CCOC(=O)c1cc(F)c(F)cc1-c1ncccn1. The van der Waals surface area contributed by atoms with Gasteiger partial charge in [-0.3, -0.25) is 0 Å². The molecule has 6 heteroatoms. The molecule has 1 heterocycles. The molecule has 19 heavy (non-hydrogen) atoms. The maximum Gasteiger partial charge on any atom is 0.338 e. The Balaban J connectivity index is 2.58. The Morgan fingerprint density at radius 1 is 1.21 bits per heavy atom. The maximum atomic E-state index is 13.3. The van der Waals surface area contributed by atoms with Crippen molar-refractivity contribution in [1.82, 2.24) is 9.97 Å². The number of aromatic nitrogens is 2. The number of halogens is 2. The van der Waals surface area contributed by atoms with Gasteiger partial charge < -0.3 is 4.74 Å². The van der Waals surface area contributed by atoms with E-state index in [1.54, 1.807) is 13.0 Å². The summed E-state index contributed by atoms with van der Waals surface area (Å²) in [7, 11) is 0. The van der Waals surface area contributed by atoms with Crippen molar-refractivity contribution in [2.45, 2.75) is 6.92 Å². The second-order valence-corrected chi connectivity index (χ2v) is 3.60. The van der Waals surface area contributed by atoms with Crippen molar-refractivity contribution in [3.63, 3.8) is 0 Å². The zero-order valence-electron chi connectivity index (χ0n) is 10.1. The lowest BCUT2D eigenvalue weighted by molar-refractivity contribution is 0.0526. The first-order chi connectivity index (χ1) is 9.13. The number of carbonyl (C=O) groups excluding carboxylic acids is 1. The molecule has 0 bridgehead atoms. The molecule has 4 nitrogen and oxygen atoms in total. The lowest BCUT2D eigenvalue weighted by atomic mass is 10.1. The van der Waals surface area contributed by atoms with Crippen molar-refractivity contribution in [1.29, 1.82) is 0 Å². The fraction of sp³-hybridized carbons (Fsp3) is 0.154. The summed E-state index contributed by atoms with van der Waals surface area (Å²) in [6, 6.07) is 3.25. The van der Waals surface area contributed by atoms with E-state index >= 15 is 0 Å². The predicted molar refractivity (Wildman–Crippen MR) is 63.3 cm³/mol. The standard InChI is InChI=1S/C13H10F2N2O2/c1-2-19-13(18)9-7-11(15)10(14)6-8(9)12-16-4-3-5-17-12/h3-7H,2H2,1H3. The van der Waals surface area contributed by atoms with E-state index < -0.39 is 17.6 Å². The number of ether oxygens (including phenoxy) is 1. The van der Waals surface area contributed by atoms with Gasteiger partial charge in [-0.2, -0.15) is 0 Å². The monoisotopic (exact) mass is 264 g/mol. The molecule has 0 aliphatic carbocycles. The van der Waals surface area contributed by atoms with Crippen molar-refractivity contribution in [2.75, 3.05) is 6.61 Å². The minimum absolute atomic E-state index is 0.0953. The number of rotatable bonds is 3. The van der Waals surface area contributed by atoms with Crippen LogP contribution < -0.4 is 0 Å². The van der Waals surface area contributed by atoms with E-state index in [1.807, 2.05) is 0 Å². The van der Waals surface area contributed by atoms with Crippen LogP contribution >= 0.6 is 0 Å². The van der Waals surface area contributed by atoms with Gasteiger partial charge in [0.25, 0.3) is 0 Å². The van der Waals surface area contributed by atoms with E-state index in [-0.39, 0.29) is 23.6 Å². The van der Waals surface area contributed by atoms with Gasteiger partial charge in [0, 0.05) is 18.0 Å². The van der Waals surface area contributed by atoms with E-state index in [0.29, 0.717) is 0 Å². The average molecular weight is 264 g/mol. The molecular formula is C13H10F2N2O2. The number of benzene rings is 1. The van der Waals surface area contributed by atoms with Gasteiger partial charge in [0.15, 0.2) is 17.5 Å². The third-order valence-electron chi connectivity index (χ3n) is 2.36. The molecule has 0 N–H and O–H groups in total. The zero-order chi connectivity index (χ0) is 13.8. The van der Waals surface area contributed by atoms with Crippen LogP contribution in [0.3, 0.4) is 0 Å². The summed E-state index contributed by atoms with van der Waals surface area (Å²) in [5.74, 6) is -2.81. The second kappa shape index (κ2) is 5.51. The van der Waals surface area contributed by atoms with Crippen LogP contribution in [-0.4, -0.2) is 22.5 Å². The Morgan fingerprint density at radius 2 is 1.84 bits per heavy atom. The molecular weight excluding hydrogens is 254 g/mol. The molecule has 1 aromatic heterocycles. The molecule has 0 saturated heterocycles. The van der Waals surface area contributed by atoms with Crippen LogP contribution in [0, 0.1) is 11.6 Å².